The van der Waals surface area contributed by atoms with E-state index in [9.17, 15) is 14.7 Å². The number of carbonyl (C=O) groups excluding carboxylic acids is 2. The summed E-state index contributed by atoms with van der Waals surface area (Å²) >= 11 is 0. The molecule has 20 heavy (non-hydrogen) atoms. The number of hydrogen-bond donors (Lipinski definition) is 1. The van der Waals surface area contributed by atoms with Gasteiger partial charge in [-0.25, -0.2) is 0 Å². The van der Waals surface area contributed by atoms with Crippen molar-refractivity contribution >= 4 is 11.8 Å². The SMILES string of the molecule is CC1=C(/C=C/[C@]2(C)CCC(=O)O2)[C@@](C)(CO)CCC1=O. The lowest BCUT2D eigenvalue weighted by Gasteiger charge is -2.34. The van der Waals surface area contributed by atoms with E-state index in [-0.39, 0.29) is 18.4 Å². The maximum atomic E-state index is 11.9. The Morgan fingerprint density at radius 1 is 1.25 bits per heavy atom. The number of carbonyl (C=O) groups is 2. The fourth-order valence-corrected chi connectivity index (χ4v) is 2.89. The highest BCUT2D eigenvalue weighted by Crippen LogP contribution is 2.40. The second-order valence-electron chi connectivity index (χ2n) is 6.30. The molecule has 2 rings (SSSR count). The van der Waals surface area contributed by atoms with Gasteiger partial charge in [-0.2, -0.15) is 0 Å². The highest BCUT2D eigenvalue weighted by atomic mass is 16.6. The topological polar surface area (TPSA) is 63.6 Å². The minimum absolute atomic E-state index is 0.00773. The lowest BCUT2D eigenvalue weighted by molar-refractivity contribution is -0.144. The van der Waals surface area contributed by atoms with Gasteiger partial charge < -0.3 is 9.84 Å². The number of ether oxygens (including phenoxy) is 1. The quantitative estimate of drug-likeness (QED) is 0.805. The third-order valence-corrected chi connectivity index (χ3v) is 4.50. The third kappa shape index (κ3) is 2.70. The minimum Gasteiger partial charge on any atom is -0.455 e. The molecule has 0 spiro atoms. The minimum atomic E-state index is -0.596. The van der Waals surface area contributed by atoms with E-state index in [2.05, 4.69) is 0 Å². The van der Waals surface area contributed by atoms with E-state index >= 15 is 0 Å². The Morgan fingerprint density at radius 2 is 1.95 bits per heavy atom. The predicted molar refractivity (Wildman–Crippen MR) is 75.0 cm³/mol. The van der Waals surface area contributed by atoms with Crippen molar-refractivity contribution in [3.63, 3.8) is 0 Å². The molecule has 4 heteroatoms. The Labute approximate surface area is 119 Å². The van der Waals surface area contributed by atoms with E-state index in [1.807, 2.05) is 26.0 Å². The molecule has 1 aliphatic heterocycles. The summed E-state index contributed by atoms with van der Waals surface area (Å²) in [6.07, 6.45) is 5.92. The molecule has 110 valence electrons. The van der Waals surface area contributed by atoms with Gasteiger partial charge in [0, 0.05) is 24.7 Å². The van der Waals surface area contributed by atoms with Crippen molar-refractivity contribution in [1.82, 2.24) is 0 Å². The predicted octanol–water partition coefficient (Wildman–Crippen LogP) is 2.32. The standard InChI is InChI=1S/C16H22O4/c1-11-12(15(2,10-17)7-5-13(11)18)4-8-16(3)9-6-14(19)20-16/h4,8,17H,5-7,9-10H2,1-3H3/b8-4+/t15-,16-/m1/s1. The van der Waals surface area contributed by atoms with E-state index in [4.69, 9.17) is 4.74 Å². The van der Waals surface area contributed by atoms with E-state index in [0.29, 0.717) is 31.3 Å². The molecule has 1 saturated heterocycles. The summed E-state index contributed by atoms with van der Waals surface area (Å²) < 4.78 is 5.31. The molecule has 1 aliphatic carbocycles. The van der Waals surface area contributed by atoms with Crippen LogP contribution in [0.5, 0.6) is 0 Å². The summed E-state index contributed by atoms with van der Waals surface area (Å²) in [7, 11) is 0. The van der Waals surface area contributed by atoms with Gasteiger partial charge in [0.2, 0.25) is 0 Å². The van der Waals surface area contributed by atoms with Gasteiger partial charge in [-0.1, -0.05) is 13.0 Å². The van der Waals surface area contributed by atoms with Gasteiger partial charge in [-0.15, -0.1) is 0 Å². The number of allylic oxidation sites excluding steroid dienone is 2. The van der Waals surface area contributed by atoms with Gasteiger partial charge in [-0.3, -0.25) is 9.59 Å². The zero-order valence-electron chi connectivity index (χ0n) is 12.4. The Bertz CT molecular complexity index is 503. The average molecular weight is 278 g/mol. The van der Waals surface area contributed by atoms with Crippen LogP contribution in [0.4, 0.5) is 0 Å². The molecule has 0 unspecified atom stereocenters. The Morgan fingerprint density at radius 3 is 2.50 bits per heavy atom. The number of cyclic esters (lactones) is 1. The summed E-state index contributed by atoms with van der Waals surface area (Å²) in [4.78, 5) is 23.1. The van der Waals surface area contributed by atoms with Crippen molar-refractivity contribution in [2.45, 2.75) is 52.1 Å². The zero-order valence-corrected chi connectivity index (χ0v) is 12.4. The molecule has 0 saturated carbocycles. The molecule has 1 N–H and O–H groups in total. The second kappa shape index (κ2) is 5.17. The van der Waals surface area contributed by atoms with Crippen LogP contribution >= 0.6 is 0 Å². The molecule has 2 aliphatic rings. The fraction of sp³-hybridized carbons (Fsp3) is 0.625. The second-order valence-corrected chi connectivity index (χ2v) is 6.30. The first-order valence-electron chi connectivity index (χ1n) is 7.06. The van der Waals surface area contributed by atoms with Gasteiger partial charge in [0.1, 0.15) is 5.60 Å². The van der Waals surface area contributed by atoms with E-state index in [1.165, 1.54) is 0 Å². The fourth-order valence-electron chi connectivity index (χ4n) is 2.89. The highest BCUT2D eigenvalue weighted by molar-refractivity contribution is 5.97. The van der Waals surface area contributed by atoms with Crippen LogP contribution in [0.3, 0.4) is 0 Å². The number of esters is 1. The maximum Gasteiger partial charge on any atom is 0.306 e. The Hall–Kier alpha value is -1.42. The van der Waals surface area contributed by atoms with Crippen molar-refractivity contribution in [2.24, 2.45) is 5.41 Å². The van der Waals surface area contributed by atoms with Gasteiger partial charge >= 0.3 is 5.97 Å². The molecule has 0 aromatic rings. The number of aliphatic hydroxyl groups is 1. The largest absolute Gasteiger partial charge is 0.455 e. The summed E-state index contributed by atoms with van der Waals surface area (Å²) in [5, 5.41) is 9.66. The molecule has 1 heterocycles. The van der Waals surface area contributed by atoms with E-state index < -0.39 is 11.0 Å². The molecular weight excluding hydrogens is 256 g/mol. The van der Waals surface area contributed by atoms with Crippen molar-refractivity contribution in [1.29, 1.82) is 0 Å². The number of aliphatic hydroxyl groups excluding tert-OH is 1. The van der Waals surface area contributed by atoms with Gasteiger partial charge in [-0.05, 0) is 37.5 Å². The van der Waals surface area contributed by atoms with Crippen molar-refractivity contribution in [3.05, 3.63) is 23.3 Å². The van der Waals surface area contributed by atoms with Gasteiger partial charge in [0.05, 0.1) is 6.61 Å². The molecule has 0 aromatic heterocycles. The number of ketones is 1. The monoisotopic (exact) mass is 278 g/mol. The Kier molecular flexibility index (Phi) is 3.87. The Balaban J connectivity index is 2.31. The molecule has 0 aromatic carbocycles. The number of rotatable bonds is 3. The first kappa shape index (κ1) is 15.0. The number of Topliss-reactive ketones (excluding diaryl/α,β-unsaturated/α-hetero) is 1. The highest BCUT2D eigenvalue weighted by Gasteiger charge is 2.37. The lowest BCUT2D eigenvalue weighted by atomic mass is 9.71. The summed E-state index contributed by atoms with van der Waals surface area (Å²) in [6.45, 7) is 5.64. The molecular formula is C16H22O4. The average Bonchev–Trinajstić information content (AvgIpc) is 2.74. The maximum absolute atomic E-state index is 11.9. The van der Waals surface area contributed by atoms with E-state index in [1.54, 1.807) is 6.92 Å². The number of hydrogen-bond acceptors (Lipinski definition) is 4. The summed E-state index contributed by atoms with van der Waals surface area (Å²) in [5.41, 5.74) is 0.576. The first-order chi connectivity index (χ1) is 9.30. The normalized spacial score (nSPS) is 35.0. The molecule has 0 bridgehead atoms. The molecule has 0 radical (unpaired) electrons. The van der Waals surface area contributed by atoms with Crippen LogP contribution in [0.1, 0.15) is 46.5 Å². The molecule has 1 fully saturated rings. The van der Waals surface area contributed by atoms with Crippen molar-refractivity contribution in [3.8, 4) is 0 Å². The zero-order chi connectivity index (χ0) is 15.0. The van der Waals surface area contributed by atoms with Crippen LogP contribution in [-0.4, -0.2) is 29.1 Å². The van der Waals surface area contributed by atoms with Gasteiger partial charge in [0.25, 0.3) is 0 Å². The van der Waals surface area contributed by atoms with Crippen LogP contribution in [0.15, 0.2) is 23.3 Å². The lowest BCUT2D eigenvalue weighted by Crippen LogP contribution is -2.31. The van der Waals surface area contributed by atoms with Crippen molar-refractivity contribution in [2.75, 3.05) is 6.61 Å². The first-order valence-corrected chi connectivity index (χ1v) is 7.06. The van der Waals surface area contributed by atoms with Gasteiger partial charge in [0.15, 0.2) is 5.78 Å². The summed E-state index contributed by atoms with van der Waals surface area (Å²) in [6, 6.07) is 0. The third-order valence-electron chi connectivity index (χ3n) is 4.50. The van der Waals surface area contributed by atoms with Crippen LogP contribution in [-0.2, 0) is 14.3 Å². The molecule has 2 atom stereocenters. The van der Waals surface area contributed by atoms with Crippen LogP contribution < -0.4 is 0 Å². The molecule has 0 amide bonds. The van der Waals surface area contributed by atoms with Crippen LogP contribution in [0, 0.1) is 5.41 Å². The molecule has 4 nitrogen and oxygen atoms in total. The summed E-state index contributed by atoms with van der Waals surface area (Å²) in [5.74, 6) is -0.0587. The van der Waals surface area contributed by atoms with E-state index in [0.717, 1.165) is 5.57 Å². The smallest absolute Gasteiger partial charge is 0.306 e. The van der Waals surface area contributed by atoms with Crippen LogP contribution in [0.2, 0.25) is 0 Å². The van der Waals surface area contributed by atoms with Crippen molar-refractivity contribution < 1.29 is 19.4 Å². The van der Waals surface area contributed by atoms with Crippen LogP contribution in [0.25, 0.3) is 0 Å².